The fourth-order valence-electron chi connectivity index (χ4n) is 2.96. The van der Waals surface area contributed by atoms with Gasteiger partial charge in [0.15, 0.2) is 0 Å². The number of likely N-dealkylation sites (tertiary alicyclic amines) is 1. The second-order valence-electron chi connectivity index (χ2n) is 5.44. The van der Waals surface area contributed by atoms with Crippen molar-refractivity contribution >= 4 is 11.8 Å². The first kappa shape index (κ1) is 12.5. The van der Waals surface area contributed by atoms with E-state index in [9.17, 15) is 9.59 Å². The van der Waals surface area contributed by atoms with Crippen molar-refractivity contribution in [3.05, 3.63) is 0 Å². The highest BCUT2D eigenvalue weighted by Crippen LogP contribution is 2.63. The smallest absolute Gasteiger partial charge is 0.234 e. The van der Waals surface area contributed by atoms with E-state index in [2.05, 4.69) is 0 Å². The molecular weight excluding hydrogens is 222 g/mol. The number of imide groups is 1. The molecule has 1 aliphatic heterocycles. The molecule has 1 saturated carbocycles. The van der Waals surface area contributed by atoms with Crippen molar-refractivity contribution in [3.63, 3.8) is 0 Å². The molecule has 1 saturated heterocycles. The summed E-state index contributed by atoms with van der Waals surface area (Å²) in [6, 6.07) is -0.325. The standard InChI is InChI=1S/C12H19NO4/c1-12(2)8-9(12)11(16)13(10(8)15)7(4-5-14)6-17-3/h7-9,14H,4-6H2,1-3H3. The average molecular weight is 241 g/mol. The van der Waals surface area contributed by atoms with E-state index in [1.54, 1.807) is 0 Å². The largest absolute Gasteiger partial charge is 0.396 e. The van der Waals surface area contributed by atoms with Crippen LogP contribution in [0.4, 0.5) is 0 Å². The molecule has 3 unspecified atom stereocenters. The molecule has 2 aliphatic rings. The lowest BCUT2D eigenvalue weighted by Crippen LogP contribution is -2.46. The third-order valence-electron chi connectivity index (χ3n) is 4.02. The van der Waals surface area contributed by atoms with Crippen LogP contribution in [0.2, 0.25) is 0 Å². The molecule has 1 heterocycles. The van der Waals surface area contributed by atoms with Crippen LogP contribution in [0.25, 0.3) is 0 Å². The Balaban J connectivity index is 2.13. The number of methoxy groups -OCH3 is 1. The highest BCUT2D eigenvalue weighted by atomic mass is 16.5. The van der Waals surface area contributed by atoms with Crippen LogP contribution in [0.15, 0.2) is 0 Å². The number of fused-ring (bicyclic) bond motifs is 1. The Kier molecular flexibility index (Phi) is 2.99. The van der Waals surface area contributed by atoms with Crippen LogP contribution in [-0.4, -0.2) is 48.2 Å². The maximum absolute atomic E-state index is 12.1. The Morgan fingerprint density at radius 1 is 1.35 bits per heavy atom. The highest BCUT2D eigenvalue weighted by Gasteiger charge is 2.73. The topological polar surface area (TPSA) is 66.8 Å². The minimum atomic E-state index is -0.325. The van der Waals surface area contributed by atoms with E-state index in [0.717, 1.165) is 0 Å². The number of rotatable bonds is 5. The van der Waals surface area contributed by atoms with Gasteiger partial charge in [-0.15, -0.1) is 0 Å². The molecule has 5 heteroatoms. The lowest BCUT2D eigenvalue weighted by molar-refractivity contribution is -0.147. The predicted molar refractivity (Wildman–Crippen MR) is 60.0 cm³/mol. The molecule has 5 nitrogen and oxygen atoms in total. The normalized spacial score (nSPS) is 31.6. The van der Waals surface area contributed by atoms with Gasteiger partial charge in [0.2, 0.25) is 11.8 Å². The van der Waals surface area contributed by atoms with Gasteiger partial charge >= 0.3 is 0 Å². The molecule has 0 bridgehead atoms. The first-order valence-electron chi connectivity index (χ1n) is 5.93. The minimum absolute atomic E-state index is 0.0518. The van der Waals surface area contributed by atoms with E-state index in [1.165, 1.54) is 12.0 Å². The summed E-state index contributed by atoms with van der Waals surface area (Å²) in [6.07, 6.45) is 0.380. The predicted octanol–water partition coefficient (Wildman–Crippen LogP) is 0.0248. The third kappa shape index (κ3) is 1.68. The van der Waals surface area contributed by atoms with Gasteiger partial charge in [-0.2, -0.15) is 0 Å². The van der Waals surface area contributed by atoms with E-state index in [4.69, 9.17) is 9.84 Å². The summed E-state index contributed by atoms with van der Waals surface area (Å²) < 4.78 is 5.01. The van der Waals surface area contributed by atoms with E-state index >= 15 is 0 Å². The molecule has 0 spiro atoms. The summed E-state index contributed by atoms with van der Waals surface area (Å²) in [7, 11) is 1.53. The number of carbonyl (C=O) groups excluding carboxylic acids is 2. The van der Waals surface area contributed by atoms with Gasteiger partial charge in [-0.05, 0) is 11.8 Å². The number of hydrogen-bond donors (Lipinski definition) is 1. The number of aliphatic hydroxyl groups is 1. The summed E-state index contributed by atoms with van der Waals surface area (Å²) in [5, 5.41) is 8.97. The second-order valence-corrected chi connectivity index (χ2v) is 5.44. The van der Waals surface area contributed by atoms with E-state index < -0.39 is 0 Å². The Hall–Kier alpha value is -0.940. The number of hydrogen-bond acceptors (Lipinski definition) is 4. The van der Waals surface area contributed by atoms with Gasteiger partial charge in [0.25, 0.3) is 0 Å². The molecule has 1 N–H and O–H groups in total. The van der Waals surface area contributed by atoms with Crippen LogP contribution < -0.4 is 0 Å². The van der Waals surface area contributed by atoms with E-state index in [-0.39, 0.29) is 48.3 Å². The Labute approximate surface area is 101 Å². The van der Waals surface area contributed by atoms with Crippen molar-refractivity contribution in [2.24, 2.45) is 17.3 Å². The van der Waals surface area contributed by atoms with Gasteiger partial charge in [0.05, 0.1) is 24.5 Å². The van der Waals surface area contributed by atoms with Crippen LogP contribution in [0, 0.1) is 17.3 Å². The second kappa shape index (κ2) is 4.07. The van der Waals surface area contributed by atoms with Gasteiger partial charge in [-0.3, -0.25) is 14.5 Å². The van der Waals surface area contributed by atoms with Gasteiger partial charge in [0.1, 0.15) is 0 Å². The number of amides is 2. The Morgan fingerprint density at radius 3 is 2.29 bits per heavy atom. The molecule has 96 valence electrons. The molecule has 1 aliphatic carbocycles. The number of piperidine rings is 1. The fraction of sp³-hybridized carbons (Fsp3) is 0.833. The zero-order valence-electron chi connectivity index (χ0n) is 10.5. The molecular formula is C12H19NO4. The Morgan fingerprint density at radius 2 is 1.88 bits per heavy atom. The summed E-state index contributed by atoms with van der Waals surface area (Å²) in [4.78, 5) is 25.6. The average Bonchev–Trinajstić information content (AvgIpc) is 2.69. The van der Waals surface area contributed by atoms with Gasteiger partial charge in [0, 0.05) is 13.7 Å². The maximum Gasteiger partial charge on any atom is 0.234 e. The quantitative estimate of drug-likeness (QED) is 0.689. The van der Waals surface area contributed by atoms with Crippen molar-refractivity contribution in [3.8, 4) is 0 Å². The molecule has 2 rings (SSSR count). The number of nitrogens with zero attached hydrogens (tertiary/aromatic N) is 1. The third-order valence-corrected chi connectivity index (χ3v) is 4.02. The summed E-state index contributed by atoms with van der Waals surface area (Å²) in [6.45, 7) is 4.14. The molecule has 2 amide bonds. The van der Waals surface area contributed by atoms with Crippen molar-refractivity contribution in [1.82, 2.24) is 4.90 Å². The van der Waals surface area contributed by atoms with Crippen LogP contribution in [0.1, 0.15) is 20.3 Å². The number of carbonyl (C=O) groups is 2. The molecule has 17 heavy (non-hydrogen) atoms. The molecule has 3 atom stereocenters. The molecule has 0 radical (unpaired) electrons. The SMILES string of the molecule is COCC(CCO)N1C(=O)C2C(C1=O)C2(C)C. The van der Waals surface area contributed by atoms with Crippen LogP contribution >= 0.6 is 0 Å². The van der Waals surface area contributed by atoms with Crippen molar-refractivity contribution in [1.29, 1.82) is 0 Å². The zero-order valence-corrected chi connectivity index (χ0v) is 10.5. The van der Waals surface area contributed by atoms with Gasteiger partial charge < -0.3 is 9.84 Å². The monoisotopic (exact) mass is 241 g/mol. The van der Waals surface area contributed by atoms with Crippen LogP contribution in [-0.2, 0) is 14.3 Å². The highest BCUT2D eigenvalue weighted by molar-refractivity contribution is 6.10. The molecule has 0 aromatic heterocycles. The molecule has 0 aromatic carbocycles. The van der Waals surface area contributed by atoms with Gasteiger partial charge in [-0.25, -0.2) is 0 Å². The van der Waals surface area contributed by atoms with Crippen LogP contribution in [0.3, 0.4) is 0 Å². The Bertz CT molecular complexity index is 322. The fourth-order valence-corrected chi connectivity index (χ4v) is 2.96. The lowest BCUT2D eigenvalue weighted by Gasteiger charge is -2.28. The maximum atomic E-state index is 12.1. The number of aliphatic hydroxyl groups excluding tert-OH is 1. The van der Waals surface area contributed by atoms with E-state index in [0.29, 0.717) is 6.42 Å². The summed E-state index contributed by atoms with van der Waals surface area (Å²) in [5.41, 5.74) is -0.179. The van der Waals surface area contributed by atoms with Crippen LogP contribution in [0.5, 0.6) is 0 Å². The van der Waals surface area contributed by atoms with Crippen molar-refractivity contribution in [2.75, 3.05) is 20.3 Å². The number of ether oxygens (including phenoxy) is 1. The van der Waals surface area contributed by atoms with Crippen molar-refractivity contribution < 1.29 is 19.4 Å². The summed E-state index contributed by atoms with van der Waals surface area (Å²) in [5.74, 6) is -0.512. The van der Waals surface area contributed by atoms with E-state index in [1.807, 2.05) is 13.8 Å². The van der Waals surface area contributed by atoms with Gasteiger partial charge in [-0.1, -0.05) is 13.8 Å². The van der Waals surface area contributed by atoms with Crippen molar-refractivity contribution in [2.45, 2.75) is 26.3 Å². The first-order valence-corrected chi connectivity index (χ1v) is 5.93. The lowest BCUT2D eigenvalue weighted by atomic mass is 10.0. The zero-order chi connectivity index (χ0) is 12.8. The minimum Gasteiger partial charge on any atom is -0.396 e. The summed E-state index contributed by atoms with van der Waals surface area (Å²) >= 11 is 0. The molecule has 0 aromatic rings. The molecule has 2 fully saturated rings. The first-order chi connectivity index (χ1) is 7.96.